The summed E-state index contributed by atoms with van der Waals surface area (Å²) in [6.45, 7) is 1.72. The van der Waals surface area contributed by atoms with Crippen LogP contribution >= 0.6 is 23.2 Å². The quantitative estimate of drug-likeness (QED) is 0.902. The van der Waals surface area contributed by atoms with E-state index in [-0.39, 0.29) is 0 Å². The Morgan fingerprint density at radius 1 is 1.10 bits per heavy atom. The number of rotatable bonds is 4. The second kappa shape index (κ2) is 5.73. The Balaban J connectivity index is 2.39. The molecule has 0 spiro atoms. The van der Waals surface area contributed by atoms with E-state index in [1.165, 1.54) is 0 Å². The Kier molecular flexibility index (Phi) is 4.21. The highest BCUT2D eigenvalue weighted by molar-refractivity contribution is 6.31. The second-order valence-corrected chi connectivity index (χ2v) is 5.50. The first kappa shape index (κ1) is 14.7. The van der Waals surface area contributed by atoms with Crippen LogP contribution in [0.5, 0.6) is 0 Å². The van der Waals surface area contributed by atoms with Gasteiger partial charge >= 0.3 is 0 Å². The molecule has 0 fully saturated rings. The third kappa shape index (κ3) is 3.06. The van der Waals surface area contributed by atoms with Crippen molar-refractivity contribution >= 4 is 34.8 Å². The van der Waals surface area contributed by atoms with Gasteiger partial charge in [-0.05, 0) is 42.8 Å². The first-order valence-corrected chi connectivity index (χ1v) is 6.77. The van der Waals surface area contributed by atoms with E-state index in [0.717, 1.165) is 5.56 Å². The Labute approximate surface area is 127 Å². The number of halogens is 2. The van der Waals surface area contributed by atoms with Gasteiger partial charge in [0.15, 0.2) is 0 Å². The van der Waals surface area contributed by atoms with Gasteiger partial charge in [-0.3, -0.25) is 4.79 Å². The van der Waals surface area contributed by atoms with Crippen molar-refractivity contribution in [1.82, 2.24) is 0 Å². The third-order valence-corrected chi connectivity index (χ3v) is 3.62. The predicted octanol–water partition coefficient (Wildman–Crippen LogP) is 3.81. The third-order valence-electron chi connectivity index (χ3n) is 3.13. The highest BCUT2D eigenvalue weighted by atomic mass is 35.5. The smallest absolute Gasteiger partial charge is 0.247 e. The molecule has 0 saturated heterocycles. The number of benzene rings is 2. The normalized spacial score (nSPS) is 13.6. The lowest BCUT2D eigenvalue weighted by Gasteiger charge is -2.29. The number of hydrogen-bond acceptors (Lipinski definition) is 2. The summed E-state index contributed by atoms with van der Waals surface area (Å²) >= 11 is 11.8. The number of amides is 1. The molecule has 0 heterocycles. The summed E-state index contributed by atoms with van der Waals surface area (Å²) in [6, 6.07) is 14.1. The summed E-state index contributed by atoms with van der Waals surface area (Å²) in [5.41, 5.74) is 5.96. The minimum absolute atomic E-state index is 0.486. The molecule has 0 aliphatic heterocycles. The van der Waals surface area contributed by atoms with Crippen LogP contribution < -0.4 is 11.1 Å². The number of nitrogens with one attached hydrogen (secondary N) is 1. The van der Waals surface area contributed by atoms with E-state index in [4.69, 9.17) is 28.9 Å². The SMILES string of the molecule is CC(Nc1cccc(Cl)c1)(C(N)=O)c1ccc(Cl)cc1. The van der Waals surface area contributed by atoms with Gasteiger partial charge in [0.05, 0.1) is 0 Å². The second-order valence-electron chi connectivity index (χ2n) is 4.63. The van der Waals surface area contributed by atoms with Crippen molar-refractivity contribution in [2.24, 2.45) is 5.73 Å². The molecule has 3 nitrogen and oxygen atoms in total. The summed E-state index contributed by atoms with van der Waals surface area (Å²) in [4.78, 5) is 11.9. The Hall–Kier alpha value is -1.71. The first-order valence-electron chi connectivity index (χ1n) is 6.01. The van der Waals surface area contributed by atoms with Crippen LogP contribution in [0.1, 0.15) is 12.5 Å². The summed E-state index contributed by atoms with van der Waals surface area (Å²) in [7, 11) is 0. The minimum atomic E-state index is -1.05. The number of nitrogens with two attached hydrogens (primary N) is 1. The van der Waals surface area contributed by atoms with Gasteiger partial charge in [-0.1, -0.05) is 41.4 Å². The molecule has 2 aromatic rings. The number of hydrogen-bond donors (Lipinski definition) is 2. The zero-order valence-electron chi connectivity index (χ0n) is 10.9. The summed E-state index contributed by atoms with van der Waals surface area (Å²) in [6.07, 6.45) is 0. The van der Waals surface area contributed by atoms with E-state index in [1.807, 2.05) is 6.07 Å². The molecule has 5 heteroatoms. The van der Waals surface area contributed by atoms with Crippen molar-refractivity contribution in [3.8, 4) is 0 Å². The van der Waals surface area contributed by atoms with Gasteiger partial charge in [0.1, 0.15) is 5.54 Å². The van der Waals surface area contributed by atoms with E-state index in [0.29, 0.717) is 15.7 Å². The van der Waals surface area contributed by atoms with Crippen LogP contribution in [-0.2, 0) is 10.3 Å². The van der Waals surface area contributed by atoms with Crippen molar-refractivity contribution < 1.29 is 4.79 Å². The van der Waals surface area contributed by atoms with Crippen LogP contribution in [0.4, 0.5) is 5.69 Å². The summed E-state index contributed by atoms with van der Waals surface area (Å²) < 4.78 is 0. The number of carbonyl (C=O) groups excluding carboxylic acids is 1. The lowest BCUT2D eigenvalue weighted by molar-refractivity contribution is -0.122. The molecule has 2 rings (SSSR count). The molecular weight excluding hydrogens is 295 g/mol. The molecule has 104 valence electrons. The van der Waals surface area contributed by atoms with E-state index in [9.17, 15) is 4.79 Å². The molecule has 3 N–H and O–H groups in total. The van der Waals surface area contributed by atoms with Crippen molar-refractivity contribution in [1.29, 1.82) is 0 Å². The van der Waals surface area contributed by atoms with E-state index < -0.39 is 11.4 Å². The highest BCUT2D eigenvalue weighted by Gasteiger charge is 2.33. The van der Waals surface area contributed by atoms with Crippen LogP contribution in [0, 0.1) is 0 Å². The summed E-state index contributed by atoms with van der Waals surface area (Å²) in [5.74, 6) is -0.486. The van der Waals surface area contributed by atoms with E-state index >= 15 is 0 Å². The topological polar surface area (TPSA) is 55.1 Å². The fourth-order valence-electron chi connectivity index (χ4n) is 1.91. The zero-order valence-corrected chi connectivity index (χ0v) is 12.4. The van der Waals surface area contributed by atoms with Crippen LogP contribution in [0.3, 0.4) is 0 Å². The standard InChI is InChI=1S/C15H14Cl2N2O/c1-15(14(18)20,10-5-7-11(16)8-6-10)19-13-4-2-3-12(17)9-13/h2-9,19H,1H3,(H2,18,20). The maximum Gasteiger partial charge on any atom is 0.247 e. The van der Waals surface area contributed by atoms with Crippen LogP contribution in [0.25, 0.3) is 0 Å². The highest BCUT2D eigenvalue weighted by Crippen LogP contribution is 2.28. The molecule has 0 aliphatic rings. The lowest BCUT2D eigenvalue weighted by Crippen LogP contribution is -2.45. The molecule has 0 bridgehead atoms. The minimum Gasteiger partial charge on any atom is -0.368 e. The molecule has 0 aliphatic carbocycles. The van der Waals surface area contributed by atoms with Crippen molar-refractivity contribution in [2.75, 3.05) is 5.32 Å². The molecule has 0 saturated carbocycles. The van der Waals surface area contributed by atoms with Gasteiger partial charge in [0.25, 0.3) is 0 Å². The molecule has 1 atom stereocenters. The largest absolute Gasteiger partial charge is 0.368 e. The number of primary amides is 1. The van der Waals surface area contributed by atoms with Gasteiger partial charge in [-0.2, -0.15) is 0 Å². The van der Waals surface area contributed by atoms with Gasteiger partial charge in [-0.25, -0.2) is 0 Å². The van der Waals surface area contributed by atoms with Crippen LogP contribution in [-0.4, -0.2) is 5.91 Å². The van der Waals surface area contributed by atoms with Gasteiger partial charge < -0.3 is 11.1 Å². The Bertz CT molecular complexity index is 628. The van der Waals surface area contributed by atoms with Gasteiger partial charge in [-0.15, -0.1) is 0 Å². The molecule has 20 heavy (non-hydrogen) atoms. The Morgan fingerprint density at radius 3 is 2.30 bits per heavy atom. The lowest BCUT2D eigenvalue weighted by atomic mass is 9.91. The fourth-order valence-corrected chi connectivity index (χ4v) is 2.23. The van der Waals surface area contributed by atoms with E-state index in [1.54, 1.807) is 49.4 Å². The average molecular weight is 309 g/mol. The predicted molar refractivity (Wildman–Crippen MR) is 83.1 cm³/mol. The van der Waals surface area contributed by atoms with Gasteiger partial charge in [0, 0.05) is 15.7 Å². The summed E-state index contributed by atoms with van der Waals surface area (Å²) in [5, 5.41) is 4.31. The van der Waals surface area contributed by atoms with Crippen molar-refractivity contribution in [3.63, 3.8) is 0 Å². The van der Waals surface area contributed by atoms with Crippen LogP contribution in [0.2, 0.25) is 10.0 Å². The molecular formula is C15H14Cl2N2O. The maximum atomic E-state index is 11.9. The molecule has 2 aromatic carbocycles. The van der Waals surface area contributed by atoms with Crippen molar-refractivity contribution in [3.05, 3.63) is 64.1 Å². The fraction of sp³-hybridized carbons (Fsp3) is 0.133. The number of anilines is 1. The van der Waals surface area contributed by atoms with Crippen molar-refractivity contribution in [2.45, 2.75) is 12.5 Å². The molecule has 1 amide bonds. The van der Waals surface area contributed by atoms with Crippen LogP contribution in [0.15, 0.2) is 48.5 Å². The zero-order chi connectivity index (χ0) is 14.8. The molecule has 0 aromatic heterocycles. The number of carbonyl (C=O) groups is 1. The maximum absolute atomic E-state index is 11.9. The molecule has 1 unspecified atom stereocenters. The average Bonchev–Trinajstić information content (AvgIpc) is 2.39. The molecule has 0 radical (unpaired) electrons. The first-order chi connectivity index (χ1) is 9.41. The van der Waals surface area contributed by atoms with Gasteiger partial charge in [0.2, 0.25) is 5.91 Å². The Morgan fingerprint density at radius 2 is 1.75 bits per heavy atom. The van der Waals surface area contributed by atoms with E-state index in [2.05, 4.69) is 5.32 Å². The monoisotopic (exact) mass is 308 g/mol.